The van der Waals surface area contributed by atoms with E-state index in [0.717, 1.165) is 29.6 Å². The monoisotopic (exact) mass is 518 g/mol. The Labute approximate surface area is 217 Å². The summed E-state index contributed by atoms with van der Waals surface area (Å²) in [5.74, 6) is 0.464. The molecule has 4 heterocycles. The molecule has 0 spiro atoms. The van der Waals surface area contributed by atoms with Gasteiger partial charge in [-0.1, -0.05) is 19.1 Å². The lowest BCUT2D eigenvalue weighted by Gasteiger charge is -2.33. The van der Waals surface area contributed by atoms with E-state index in [-0.39, 0.29) is 17.6 Å². The summed E-state index contributed by atoms with van der Waals surface area (Å²) < 4.78 is 28.5. The van der Waals surface area contributed by atoms with Gasteiger partial charge >= 0.3 is 0 Å². The minimum atomic E-state index is -4.25. The van der Waals surface area contributed by atoms with Gasteiger partial charge < -0.3 is 10.2 Å². The zero-order chi connectivity index (χ0) is 26.2. The highest BCUT2D eigenvalue weighted by Gasteiger charge is 2.39. The van der Waals surface area contributed by atoms with Gasteiger partial charge in [-0.25, -0.2) is 14.7 Å². The lowest BCUT2D eigenvalue weighted by molar-refractivity contribution is 0.0981. The van der Waals surface area contributed by atoms with E-state index in [1.807, 2.05) is 30.3 Å². The fraction of sp³-hybridized carbons (Fsp3) is 0.259. The fourth-order valence-electron chi connectivity index (χ4n) is 4.96. The second kappa shape index (κ2) is 9.44. The number of amides is 1. The van der Waals surface area contributed by atoms with Crippen LogP contribution in [-0.4, -0.2) is 41.4 Å². The first kappa shape index (κ1) is 24.6. The number of fused-ring (bicyclic) bond motifs is 1. The first-order chi connectivity index (χ1) is 17.6. The summed E-state index contributed by atoms with van der Waals surface area (Å²) in [7, 11) is -4.25. The number of rotatable bonds is 6. The number of anilines is 3. The van der Waals surface area contributed by atoms with Gasteiger partial charge in [-0.2, -0.15) is 8.42 Å². The molecule has 1 aliphatic rings. The van der Waals surface area contributed by atoms with E-state index in [1.165, 1.54) is 6.07 Å². The lowest BCUT2D eigenvalue weighted by atomic mass is 9.97. The molecule has 2 N–H and O–H groups in total. The Bertz CT molecular complexity index is 1590. The van der Waals surface area contributed by atoms with Crippen molar-refractivity contribution in [1.82, 2.24) is 19.7 Å². The Balaban J connectivity index is 0.00000336. The number of nitrogens with zero attached hydrogens (tertiary/aromatic N) is 4. The first-order valence-electron chi connectivity index (χ1n) is 12.0. The normalized spacial score (nSPS) is 17.1. The highest BCUT2D eigenvalue weighted by Crippen LogP contribution is 2.37. The molecule has 1 saturated heterocycles. The largest absolute Gasteiger partial charge is 0.351 e. The Morgan fingerprint density at radius 2 is 1.78 bits per heavy atom. The molecular weight excluding hydrogens is 488 g/mol. The van der Waals surface area contributed by atoms with Gasteiger partial charge in [0.15, 0.2) is 5.03 Å². The number of nitrogens with one attached hydrogen (secondary N) is 2. The SMILES string of the molecule is CC1CN(c2ncccc2C(=O)NS(=O)(=O)c2cccc(Nc3cccc4ncccc34)n2)C(C)(C)C1.[HH]. The van der Waals surface area contributed by atoms with Crippen LogP contribution in [0.25, 0.3) is 10.9 Å². The van der Waals surface area contributed by atoms with Gasteiger partial charge in [-0.05, 0) is 74.7 Å². The maximum Gasteiger partial charge on any atom is 0.281 e. The molecule has 37 heavy (non-hydrogen) atoms. The predicted octanol–water partition coefficient (Wildman–Crippen LogP) is 4.76. The van der Waals surface area contributed by atoms with Crippen molar-refractivity contribution in [3.05, 3.63) is 78.6 Å². The van der Waals surface area contributed by atoms with Crippen LogP contribution >= 0.6 is 0 Å². The van der Waals surface area contributed by atoms with Gasteiger partial charge in [0.25, 0.3) is 15.9 Å². The lowest BCUT2D eigenvalue weighted by Crippen LogP contribution is -2.41. The van der Waals surface area contributed by atoms with Crippen molar-refractivity contribution in [2.75, 3.05) is 16.8 Å². The van der Waals surface area contributed by atoms with Gasteiger partial charge in [0.05, 0.1) is 11.1 Å². The zero-order valence-corrected chi connectivity index (χ0v) is 21.7. The second-order valence-electron chi connectivity index (χ2n) is 9.90. The molecule has 0 aliphatic carbocycles. The molecule has 192 valence electrons. The van der Waals surface area contributed by atoms with E-state index in [4.69, 9.17) is 0 Å². The number of pyridine rings is 3. The highest BCUT2D eigenvalue weighted by atomic mass is 32.2. The van der Waals surface area contributed by atoms with Crippen LogP contribution < -0.4 is 14.9 Å². The van der Waals surface area contributed by atoms with Crippen LogP contribution in [0, 0.1) is 5.92 Å². The van der Waals surface area contributed by atoms with Crippen LogP contribution in [0.4, 0.5) is 17.3 Å². The molecule has 1 unspecified atom stereocenters. The van der Waals surface area contributed by atoms with Crippen LogP contribution in [-0.2, 0) is 10.0 Å². The molecule has 1 aliphatic heterocycles. The molecule has 4 aromatic rings. The van der Waals surface area contributed by atoms with Crippen molar-refractivity contribution in [2.24, 2.45) is 5.92 Å². The number of aromatic nitrogens is 3. The molecule has 9 nitrogen and oxygen atoms in total. The minimum Gasteiger partial charge on any atom is -0.351 e. The van der Waals surface area contributed by atoms with Crippen molar-refractivity contribution < 1.29 is 14.6 Å². The van der Waals surface area contributed by atoms with Crippen molar-refractivity contribution in [3.63, 3.8) is 0 Å². The summed E-state index contributed by atoms with van der Waals surface area (Å²) >= 11 is 0. The first-order valence-corrected chi connectivity index (χ1v) is 13.5. The van der Waals surface area contributed by atoms with Crippen molar-refractivity contribution >= 4 is 44.2 Å². The number of carbonyl (C=O) groups excluding carboxylic acids is 1. The van der Waals surface area contributed by atoms with Gasteiger partial charge in [0, 0.05) is 37.0 Å². The quantitative estimate of drug-likeness (QED) is 0.375. The maximum atomic E-state index is 13.2. The molecule has 0 radical (unpaired) electrons. The van der Waals surface area contributed by atoms with Crippen LogP contribution in [0.3, 0.4) is 0 Å². The Morgan fingerprint density at radius 1 is 1.03 bits per heavy atom. The summed E-state index contributed by atoms with van der Waals surface area (Å²) in [4.78, 5) is 28.3. The number of carbonyl (C=O) groups is 1. The average Bonchev–Trinajstić information content (AvgIpc) is 3.15. The molecule has 1 atom stereocenters. The van der Waals surface area contributed by atoms with E-state index >= 15 is 0 Å². The van der Waals surface area contributed by atoms with E-state index in [9.17, 15) is 13.2 Å². The molecule has 0 bridgehead atoms. The van der Waals surface area contributed by atoms with Crippen molar-refractivity contribution in [2.45, 2.75) is 37.8 Å². The number of hydrogen-bond acceptors (Lipinski definition) is 8. The number of sulfonamides is 1. The smallest absolute Gasteiger partial charge is 0.281 e. The summed E-state index contributed by atoms with van der Waals surface area (Å²) in [5, 5.41) is 3.76. The second-order valence-corrected chi connectivity index (χ2v) is 11.5. The Hall–Kier alpha value is -4.05. The zero-order valence-electron chi connectivity index (χ0n) is 20.8. The van der Waals surface area contributed by atoms with Crippen molar-refractivity contribution in [1.29, 1.82) is 0 Å². The van der Waals surface area contributed by atoms with Crippen molar-refractivity contribution in [3.8, 4) is 0 Å². The third-order valence-electron chi connectivity index (χ3n) is 6.49. The minimum absolute atomic E-state index is 0. The van der Waals surface area contributed by atoms with Crippen LogP contribution in [0.1, 0.15) is 39.0 Å². The summed E-state index contributed by atoms with van der Waals surface area (Å²) in [6.07, 6.45) is 4.26. The molecule has 5 rings (SSSR count). The number of benzene rings is 1. The van der Waals surface area contributed by atoms with Gasteiger partial charge in [0.1, 0.15) is 11.6 Å². The Morgan fingerprint density at radius 3 is 2.57 bits per heavy atom. The highest BCUT2D eigenvalue weighted by molar-refractivity contribution is 7.90. The van der Waals surface area contributed by atoms with Crippen LogP contribution in [0.2, 0.25) is 0 Å². The average molecular weight is 519 g/mol. The molecular formula is C27H30N6O3S. The molecule has 1 fully saturated rings. The van der Waals surface area contributed by atoms with Gasteiger partial charge in [-0.3, -0.25) is 9.78 Å². The van der Waals surface area contributed by atoms with E-state index in [1.54, 1.807) is 36.7 Å². The van der Waals surface area contributed by atoms with Crippen LogP contribution in [0.15, 0.2) is 78.1 Å². The van der Waals surface area contributed by atoms with Gasteiger partial charge in [-0.15, -0.1) is 0 Å². The molecule has 1 amide bonds. The number of hydrogen-bond donors (Lipinski definition) is 2. The standard InChI is InChI=1S/C27H28N6O3S.H2/c1-18-16-27(2,3)33(17-18)25-20(9-7-15-29-25)26(34)32-37(35,36)24-13-5-12-23(31-24)30-22-11-4-10-21-19(22)8-6-14-28-21;/h4-15,18H,16-17H2,1-3H3,(H,30,31)(H,32,34);1H. The fourth-order valence-corrected chi connectivity index (χ4v) is 5.90. The topological polar surface area (TPSA) is 117 Å². The van der Waals surface area contributed by atoms with E-state index < -0.39 is 15.9 Å². The molecule has 10 heteroatoms. The summed E-state index contributed by atoms with van der Waals surface area (Å²) in [6, 6.07) is 17.1. The molecule has 0 saturated carbocycles. The summed E-state index contributed by atoms with van der Waals surface area (Å²) in [5.41, 5.74) is 1.52. The van der Waals surface area contributed by atoms with E-state index in [2.05, 4.69) is 50.7 Å². The predicted molar refractivity (Wildman–Crippen MR) is 145 cm³/mol. The van der Waals surface area contributed by atoms with Gasteiger partial charge in [0.2, 0.25) is 0 Å². The Kier molecular flexibility index (Phi) is 6.28. The third kappa shape index (κ3) is 4.97. The maximum absolute atomic E-state index is 13.2. The van der Waals surface area contributed by atoms with E-state index in [0.29, 0.717) is 17.6 Å². The third-order valence-corrected chi connectivity index (χ3v) is 7.73. The van der Waals surface area contributed by atoms with Crippen LogP contribution in [0.5, 0.6) is 0 Å². The summed E-state index contributed by atoms with van der Waals surface area (Å²) in [6.45, 7) is 7.07. The molecule has 1 aromatic carbocycles. The molecule has 3 aromatic heterocycles.